The van der Waals surface area contributed by atoms with Gasteiger partial charge in [0.25, 0.3) is 0 Å². The maximum atomic E-state index is 13.1. The molecule has 1 aromatic heterocycles. The van der Waals surface area contributed by atoms with Crippen LogP contribution in [-0.2, 0) is 39.8 Å². The molecule has 3 amide bonds. The molecule has 2 rings (SSSR count). The first kappa shape index (κ1) is 40.9. The molecule has 0 fully saturated rings. The fraction of sp³-hybridized carbons (Fsp3) is 0.611. The topological polar surface area (TPSA) is 188 Å². The van der Waals surface area contributed by atoms with Gasteiger partial charge in [-0.15, -0.1) is 0 Å². The van der Waals surface area contributed by atoms with Gasteiger partial charge >= 0.3 is 23.9 Å². The monoisotopic (exact) mass is 685 g/mol. The third-order valence-corrected chi connectivity index (χ3v) is 6.73. The number of rotatable bonds is 15. The minimum absolute atomic E-state index is 0.0755. The molecule has 49 heavy (non-hydrogen) atoms. The molecular formula is C36H55N5O8. The number of esters is 3. The Kier molecular flexibility index (Phi) is 15.0. The van der Waals surface area contributed by atoms with E-state index in [1.165, 1.54) is 0 Å². The van der Waals surface area contributed by atoms with Crippen molar-refractivity contribution in [2.24, 2.45) is 5.73 Å². The summed E-state index contributed by atoms with van der Waals surface area (Å²) in [6, 6.07) is 5.81. The molecule has 272 valence electrons. The number of carbonyl (C=O) groups excluding carboxylic acids is 5. The van der Waals surface area contributed by atoms with Gasteiger partial charge in [-0.05, 0) is 112 Å². The van der Waals surface area contributed by atoms with E-state index in [1.54, 1.807) is 68.5 Å². The lowest BCUT2D eigenvalue weighted by Crippen LogP contribution is -2.53. The van der Waals surface area contributed by atoms with Crippen molar-refractivity contribution in [2.75, 3.05) is 6.54 Å². The Bertz CT molecular complexity index is 1440. The third kappa shape index (κ3) is 16.6. The van der Waals surface area contributed by atoms with Gasteiger partial charge in [0, 0.05) is 24.5 Å². The lowest BCUT2D eigenvalue weighted by molar-refractivity contribution is -0.159. The van der Waals surface area contributed by atoms with Crippen molar-refractivity contribution in [3.8, 4) is 0 Å². The number of benzene rings is 1. The number of nitrogens with one attached hydrogen (secondary N) is 3. The van der Waals surface area contributed by atoms with E-state index in [9.17, 15) is 24.0 Å². The van der Waals surface area contributed by atoms with Crippen molar-refractivity contribution in [1.29, 1.82) is 0 Å². The first-order chi connectivity index (χ1) is 22.6. The van der Waals surface area contributed by atoms with Crippen molar-refractivity contribution < 1.29 is 38.2 Å². The van der Waals surface area contributed by atoms with Crippen molar-refractivity contribution in [1.82, 2.24) is 20.9 Å². The van der Waals surface area contributed by atoms with E-state index in [-0.39, 0.29) is 25.2 Å². The molecule has 3 atom stereocenters. The fourth-order valence-electron chi connectivity index (χ4n) is 4.66. The van der Waals surface area contributed by atoms with Crippen LogP contribution >= 0.6 is 0 Å². The lowest BCUT2D eigenvalue weighted by Gasteiger charge is -2.27. The number of nitrogens with two attached hydrogens (primary N) is 1. The summed E-state index contributed by atoms with van der Waals surface area (Å²) in [5.74, 6) is -2.22. The van der Waals surface area contributed by atoms with Crippen LogP contribution in [0.3, 0.4) is 0 Å². The number of carbonyl (C=O) groups is 5. The molecule has 5 N–H and O–H groups in total. The molecule has 0 aliphatic rings. The quantitative estimate of drug-likeness (QED) is 0.120. The van der Waals surface area contributed by atoms with Crippen LogP contribution in [0.4, 0.5) is 4.79 Å². The van der Waals surface area contributed by atoms with Crippen molar-refractivity contribution in [2.45, 2.75) is 136 Å². The number of amides is 3. The Morgan fingerprint density at radius 1 is 0.776 bits per heavy atom. The Morgan fingerprint density at radius 2 is 1.35 bits per heavy atom. The predicted molar refractivity (Wildman–Crippen MR) is 186 cm³/mol. The van der Waals surface area contributed by atoms with E-state index in [4.69, 9.17) is 19.9 Å². The molecule has 0 saturated heterocycles. The van der Waals surface area contributed by atoms with Gasteiger partial charge in [-0.3, -0.25) is 14.6 Å². The molecule has 0 saturated carbocycles. The van der Waals surface area contributed by atoms with Gasteiger partial charge in [-0.2, -0.15) is 0 Å². The van der Waals surface area contributed by atoms with Crippen LogP contribution in [0.25, 0.3) is 10.9 Å². The Labute approximate surface area is 289 Å². The first-order valence-corrected chi connectivity index (χ1v) is 16.7. The Hall–Kier alpha value is -4.26. The molecule has 2 aromatic rings. The molecular weight excluding hydrogens is 630 g/mol. The third-order valence-electron chi connectivity index (χ3n) is 6.73. The highest BCUT2D eigenvalue weighted by Crippen LogP contribution is 2.16. The van der Waals surface area contributed by atoms with E-state index >= 15 is 0 Å². The first-order valence-electron chi connectivity index (χ1n) is 16.7. The van der Waals surface area contributed by atoms with Gasteiger partial charge in [0.2, 0.25) is 5.91 Å². The number of hydrogen-bond acceptors (Lipinski definition) is 10. The Balaban J connectivity index is 1.97. The molecule has 0 radical (unpaired) electrons. The number of unbranched alkanes of at least 4 members (excludes halogenated alkanes) is 1. The summed E-state index contributed by atoms with van der Waals surface area (Å²) in [5.41, 5.74) is 5.52. The van der Waals surface area contributed by atoms with E-state index in [0.717, 1.165) is 16.5 Å². The van der Waals surface area contributed by atoms with E-state index < -0.39 is 58.9 Å². The molecule has 0 unspecified atom stereocenters. The van der Waals surface area contributed by atoms with Crippen LogP contribution in [0.15, 0.2) is 36.5 Å². The second kappa shape index (κ2) is 17.9. The highest BCUT2D eigenvalue weighted by atomic mass is 16.6. The van der Waals surface area contributed by atoms with Gasteiger partial charge < -0.3 is 35.9 Å². The zero-order chi connectivity index (χ0) is 37.0. The van der Waals surface area contributed by atoms with Crippen LogP contribution in [0, 0.1) is 0 Å². The van der Waals surface area contributed by atoms with Gasteiger partial charge in [0.15, 0.2) is 0 Å². The van der Waals surface area contributed by atoms with Crippen LogP contribution in [0.1, 0.15) is 100.0 Å². The van der Waals surface area contributed by atoms with Gasteiger partial charge in [-0.25, -0.2) is 14.4 Å². The van der Waals surface area contributed by atoms with Crippen LogP contribution in [0.2, 0.25) is 0 Å². The summed E-state index contributed by atoms with van der Waals surface area (Å²) < 4.78 is 16.3. The van der Waals surface area contributed by atoms with Crippen molar-refractivity contribution >= 4 is 40.7 Å². The maximum absolute atomic E-state index is 13.1. The maximum Gasteiger partial charge on any atom is 0.329 e. The average molecular weight is 686 g/mol. The number of fused-ring (bicyclic) bond motifs is 1. The molecule has 0 aliphatic carbocycles. The highest BCUT2D eigenvalue weighted by Gasteiger charge is 2.31. The summed E-state index contributed by atoms with van der Waals surface area (Å²) in [7, 11) is 0. The lowest BCUT2D eigenvalue weighted by atomic mass is 10.0. The Morgan fingerprint density at radius 3 is 1.92 bits per heavy atom. The average Bonchev–Trinajstić information content (AvgIpc) is 2.95. The summed E-state index contributed by atoms with van der Waals surface area (Å²) in [4.78, 5) is 68.5. The number of ether oxygens (including phenoxy) is 3. The number of urea groups is 1. The van der Waals surface area contributed by atoms with Crippen LogP contribution in [0.5, 0.6) is 0 Å². The fourth-order valence-corrected chi connectivity index (χ4v) is 4.66. The highest BCUT2D eigenvalue weighted by molar-refractivity contribution is 5.87. The molecule has 1 heterocycles. The van der Waals surface area contributed by atoms with Crippen molar-refractivity contribution in [3.05, 3.63) is 42.1 Å². The van der Waals surface area contributed by atoms with Gasteiger partial charge in [0.1, 0.15) is 28.9 Å². The summed E-state index contributed by atoms with van der Waals surface area (Å²) in [6.07, 6.45) is 2.98. The summed E-state index contributed by atoms with van der Waals surface area (Å²) >= 11 is 0. The van der Waals surface area contributed by atoms with Crippen molar-refractivity contribution in [3.63, 3.8) is 0 Å². The number of nitrogens with zero attached hydrogens (tertiary/aromatic N) is 1. The van der Waals surface area contributed by atoms with Crippen LogP contribution in [-0.4, -0.2) is 76.3 Å². The smallest absolute Gasteiger partial charge is 0.329 e. The second-order valence-corrected chi connectivity index (χ2v) is 15.0. The largest absolute Gasteiger partial charge is 0.460 e. The molecule has 0 aliphatic heterocycles. The minimum atomic E-state index is -1.18. The molecule has 0 bridgehead atoms. The molecule has 13 nitrogen and oxygen atoms in total. The standard InChI is InChI=1S/C36H55N5O8/c1-34(2,3)47-29(42)18-17-27(32(45)49-36(7,8)9)41-33(46)40-26(31(44)48-35(4,5)6)14-10-11-19-39-30(43)25(37)21-23-15-16-24-13-12-20-38-28(24)22-23/h12-13,15-16,20,22,25-27H,10-11,14,17-19,21,37H2,1-9H3,(H,39,43)(H2,40,41,46)/t25-,26+,27+/m1/s1. The summed E-state index contributed by atoms with van der Waals surface area (Å²) in [6.45, 7) is 15.7. The number of pyridine rings is 1. The summed E-state index contributed by atoms with van der Waals surface area (Å²) in [5, 5.41) is 8.99. The second-order valence-electron chi connectivity index (χ2n) is 15.0. The molecule has 0 spiro atoms. The van der Waals surface area contributed by atoms with E-state index in [2.05, 4.69) is 20.9 Å². The van der Waals surface area contributed by atoms with E-state index in [1.807, 2.05) is 30.3 Å². The molecule has 1 aromatic carbocycles. The SMILES string of the molecule is CC(C)(C)OC(=O)CC[C@H](NC(=O)N[C@@H](CCCCNC(=O)[C@H](N)Cc1ccc2cccnc2c1)C(=O)OC(C)(C)C)C(=O)OC(C)(C)C. The van der Waals surface area contributed by atoms with Gasteiger partial charge in [0.05, 0.1) is 11.6 Å². The normalized spacial score (nSPS) is 13.8. The van der Waals surface area contributed by atoms with E-state index in [0.29, 0.717) is 25.8 Å². The number of hydrogen-bond donors (Lipinski definition) is 4. The minimum Gasteiger partial charge on any atom is -0.460 e. The zero-order valence-electron chi connectivity index (χ0n) is 30.4. The predicted octanol–water partition coefficient (Wildman–Crippen LogP) is 4.23. The van der Waals surface area contributed by atoms with Crippen LogP contribution < -0.4 is 21.7 Å². The van der Waals surface area contributed by atoms with Gasteiger partial charge in [-0.1, -0.05) is 18.2 Å². The number of aromatic nitrogens is 1. The zero-order valence-corrected chi connectivity index (χ0v) is 30.4. The molecule has 13 heteroatoms.